The number of carbonyl (C=O) groups excluding carboxylic acids is 1. The number of amides is 1. The Kier molecular flexibility index (Phi) is 4.27. The lowest BCUT2D eigenvalue weighted by Gasteiger charge is -2.23. The number of hydrogen-bond donors (Lipinski definition) is 1. The average molecular weight is 384 g/mol. The van der Waals surface area contributed by atoms with Crippen LogP contribution in [0.4, 0.5) is 0 Å². The zero-order valence-corrected chi connectivity index (χ0v) is 16.4. The van der Waals surface area contributed by atoms with Crippen LogP contribution >= 0.6 is 11.6 Å². The minimum atomic E-state index is 0.0168. The van der Waals surface area contributed by atoms with Gasteiger partial charge in [0.25, 0.3) is 5.91 Å². The third-order valence-corrected chi connectivity index (χ3v) is 7.11. The molecule has 0 aliphatic heterocycles. The molecule has 5 atom stereocenters. The zero-order valence-electron chi connectivity index (χ0n) is 15.6. The van der Waals surface area contributed by atoms with Crippen LogP contribution in [0.2, 0.25) is 5.02 Å². The number of nitrogens with zero attached hydrogens (tertiary/aromatic N) is 2. The van der Waals surface area contributed by atoms with Crippen molar-refractivity contribution in [3.63, 3.8) is 0 Å². The minimum Gasteiger partial charge on any atom is -0.349 e. The fourth-order valence-corrected chi connectivity index (χ4v) is 5.44. The quantitative estimate of drug-likeness (QED) is 0.777. The number of nitrogens with one attached hydrogen (secondary N) is 1. The first-order valence-electron chi connectivity index (χ1n) is 10.3. The fraction of sp³-hybridized carbons (Fsp3) is 0.545. The normalized spacial score (nSPS) is 30.0. The molecule has 3 aliphatic rings. The molecule has 5 heteroatoms. The lowest BCUT2D eigenvalue weighted by atomic mass is 9.99. The number of fused-ring (bicyclic) bond motifs is 1. The Balaban J connectivity index is 1.21. The highest BCUT2D eigenvalue weighted by atomic mass is 35.5. The molecular weight excluding hydrogens is 358 g/mol. The van der Waals surface area contributed by atoms with Crippen LogP contribution < -0.4 is 5.32 Å². The number of rotatable bonds is 6. The van der Waals surface area contributed by atoms with Crippen LogP contribution in [-0.2, 0) is 0 Å². The van der Waals surface area contributed by atoms with E-state index in [4.69, 9.17) is 11.6 Å². The summed E-state index contributed by atoms with van der Waals surface area (Å²) in [5, 5.41) is 8.57. The van der Waals surface area contributed by atoms with Crippen molar-refractivity contribution < 1.29 is 4.79 Å². The second-order valence-corrected chi connectivity index (χ2v) is 8.94. The Labute approximate surface area is 165 Å². The molecule has 1 heterocycles. The molecule has 0 bridgehead atoms. The topological polar surface area (TPSA) is 46.9 Å². The van der Waals surface area contributed by atoms with Gasteiger partial charge in [0, 0.05) is 34.4 Å². The number of benzene rings is 1. The molecule has 1 amide bonds. The highest BCUT2D eigenvalue weighted by molar-refractivity contribution is 6.30. The van der Waals surface area contributed by atoms with Crippen molar-refractivity contribution in [3.05, 3.63) is 52.8 Å². The lowest BCUT2D eigenvalue weighted by molar-refractivity contribution is 0.0926. The van der Waals surface area contributed by atoms with E-state index in [-0.39, 0.29) is 11.9 Å². The Hall–Kier alpha value is -1.81. The van der Waals surface area contributed by atoms with Gasteiger partial charge in [0.15, 0.2) is 0 Å². The van der Waals surface area contributed by atoms with Gasteiger partial charge in [-0.25, -0.2) is 0 Å². The van der Waals surface area contributed by atoms with E-state index in [1.807, 2.05) is 6.20 Å². The predicted octanol–water partition coefficient (Wildman–Crippen LogP) is 4.82. The van der Waals surface area contributed by atoms with Crippen LogP contribution in [0.1, 0.15) is 67.0 Å². The van der Waals surface area contributed by atoms with Crippen molar-refractivity contribution in [2.75, 3.05) is 0 Å². The number of aromatic nitrogens is 2. The summed E-state index contributed by atoms with van der Waals surface area (Å²) in [5.41, 5.74) is 2.13. The van der Waals surface area contributed by atoms with Crippen molar-refractivity contribution in [2.45, 2.75) is 57.0 Å². The molecule has 1 aromatic carbocycles. The maximum absolute atomic E-state index is 12.6. The van der Waals surface area contributed by atoms with Crippen LogP contribution in [-0.4, -0.2) is 21.7 Å². The summed E-state index contributed by atoms with van der Waals surface area (Å²) in [5.74, 6) is 2.87. The Morgan fingerprint density at radius 3 is 2.56 bits per heavy atom. The predicted molar refractivity (Wildman–Crippen MR) is 106 cm³/mol. The van der Waals surface area contributed by atoms with E-state index in [1.165, 1.54) is 31.4 Å². The highest BCUT2D eigenvalue weighted by Gasteiger charge is 2.59. The second-order valence-electron chi connectivity index (χ2n) is 8.50. The Morgan fingerprint density at radius 2 is 1.93 bits per heavy atom. The first kappa shape index (κ1) is 17.3. The molecule has 0 saturated heterocycles. The van der Waals surface area contributed by atoms with Gasteiger partial charge >= 0.3 is 0 Å². The SMILES string of the molecule is CC[C@@H](NC(=O)c1ccc(Cl)cc1)C1[C@H]2CC(n3nccc3C3CC3)C[C@@H]12. The molecule has 5 rings (SSSR count). The number of halogens is 1. The van der Waals surface area contributed by atoms with Gasteiger partial charge in [-0.1, -0.05) is 18.5 Å². The molecule has 2 unspecified atom stereocenters. The summed E-state index contributed by atoms with van der Waals surface area (Å²) >= 11 is 5.93. The molecule has 3 fully saturated rings. The molecule has 27 heavy (non-hydrogen) atoms. The first-order chi connectivity index (χ1) is 13.2. The average Bonchev–Trinajstić information content (AvgIpc) is 3.53. The van der Waals surface area contributed by atoms with Crippen molar-refractivity contribution in [1.82, 2.24) is 15.1 Å². The zero-order chi connectivity index (χ0) is 18.5. The molecule has 3 saturated carbocycles. The monoisotopic (exact) mass is 383 g/mol. The molecule has 142 valence electrons. The number of hydrogen-bond acceptors (Lipinski definition) is 2. The van der Waals surface area contributed by atoms with Crippen molar-refractivity contribution in [1.29, 1.82) is 0 Å². The van der Waals surface area contributed by atoms with E-state index in [9.17, 15) is 4.79 Å². The molecule has 4 nitrogen and oxygen atoms in total. The van der Waals surface area contributed by atoms with E-state index in [0.717, 1.165) is 24.2 Å². The second kappa shape index (κ2) is 6.66. The minimum absolute atomic E-state index is 0.0168. The van der Waals surface area contributed by atoms with Gasteiger partial charge in [0.2, 0.25) is 0 Å². The first-order valence-corrected chi connectivity index (χ1v) is 10.6. The van der Waals surface area contributed by atoms with Crippen molar-refractivity contribution in [3.8, 4) is 0 Å². The van der Waals surface area contributed by atoms with E-state index < -0.39 is 0 Å². The molecular formula is C22H26ClN3O. The van der Waals surface area contributed by atoms with Gasteiger partial charge in [0.1, 0.15) is 0 Å². The maximum atomic E-state index is 12.6. The Morgan fingerprint density at radius 1 is 1.22 bits per heavy atom. The van der Waals surface area contributed by atoms with Crippen LogP contribution in [0, 0.1) is 17.8 Å². The lowest BCUT2D eigenvalue weighted by Crippen LogP contribution is -2.37. The number of carbonyl (C=O) groups is 1. The van der Waals surface area contributed by atoms with Crippen LogP contribution in [0.15, 0.2) is 36.5 Å². The van der Waals surface area contributed by atoms with Gasteiger partial charge in [-0.3, -0.25) is 9.48 Å². The molecule has 0 spiro atoms. The van der Waals surface area contributed by atoms with E-state index in [1.54, 1.807) is 24.3 Å². The summed E-state index contributed by atoms with van der Waals surface area (Å²) in [7, 11) is 0. The van der Waals surface area contributed by atoms with Crippen LogP contribution in [0.5, 0.6) is 0 Å². The van der Waals surface area contributed by atoms with Gasteiger partial charge < -0.3 is 5.32 Å². The van der Waals surface area contributed by atoms with Crippen molar-refractivity contribution >= 4 is 17.5 Å². The summed E-state index contributed by atoms with van der Waals surface area (Å²) in [4.78, 5) is 12.6. The summed E-state index contributed by atoms with van der Waals surface area (Å²) in [6.45, 7) is 2.18. The molecule has 3 aliphatic carbocycles. The fourth-order valence-electron chi connectivity index (χ4n) is 5.31. The summed E-state index contributed by atoms with van der Waals surface area (Å²) in [6, 6.07) is 10.2. The van der Waals surface area contributed by atoms with Gasteiger partial charge in [0.05, 0.1) is 6.04 Å². The standard InChI is InChI=1S/C22H26ClN3O/c1-2-19(25-22(27)14-5-7-15(23)8-6-14)21-17-11-16(12-18(17)21)26-20(9-10-24-26)13-3-4-13/h5-10,13,16-19,21H,2-4,11-12H2,1H3,(H,25,27)/t16?,17-,18+,19-,21?/m1/s1. The summed E-state index contributed by atoms with van der Waals surface area (Å²) < 4.78 is 2.31. The summed E-state index contributed by atoms with van der Waals surface area (Å²) in [6.07, 6.45) is 8.02. The molecule has 2 aromatic rings. The Bertz CT molecular complexity index is 829. The smallest absolute Gasteiger partial charge is 0.251 e. The third kappa shape index (κ3) is 3.18. The van der Waals surface area contributed by atoms with Crippen LogP contribution in [0.3, 0.4) is 0 Å². The van der Waals surface area contributed by atoms with E-state index in [0.29, 0.717) is 22.5 Å². The largest absolute Gasteiger partial charge is 0.349 e. The molecule has 1 aromatic heterocycles. The van der Waals surface area contributed by atoms with Gasteiger partial charge in [-0.15, -0.1) is 0 Å². The molecule has 1 N–H and O–H groups in total. The van der Waals surface area contributed by atoms with Crippen LogP contribution in [0.25, 0.3) is 0 Å². The van der Waals surface area contributed by atoms with E-state index in [2.05, 4.69) is 28.1 Å². The van der Waals surface area contributed by atoms with Gasteiger partial charge in [-0.05, 0) is 80.2 Å². The molecule has 0 radical (unpaired) electrons. The van der Waals surface area contributed by atoms with Crippen molar-refractivity contribution in [2.24, 2.45) is 17.8 Å². The van der Waals surface area contributed by atoms with Gasteiger partial charge in [-0.2, -0.15) is 5.10 Å². The maximum Gasteiger partial charge on any atom is 0.251 e. The van der Waals surface area contributed by atoms with E-state index >= 15 is 0 Å². The third-order valence-electron chi connectivity index (χ3n) is 6.86. The highest BCUT2D eigenvalue weighted by Crippen LogP contribution is 2.63.